The predicted octanol–water partition coefficient (Wildman–Crippen LogP) is 7.50. The van der Waals surface area contributed by atoms with Crippen LogP contribution in [-0.4, -0.2) is 44.0 Å². The summed E-state index contributed by atoms with van der Waals surface area (Å²) in [6, 6.07) is 14.5. The molecule has 4 N–H and O–H groups in total. The normalized spacial score (nSPS) is 16.4. The highest BCUT2D eigenvalue weighted by molar-refractivity contribution is 7.14. The van der Waals surface area contributed by atoms with E-state index in [0.29, 0.717) is 0 Å². The smallest absolute Gasteiger partial charge is 0.265 e. The number of allylic oxidation sites excluding steroid dienone is 3. The molecule has 232 valence electrons. The van der Waals surface area contributed by atoms with Gasteiger partial charge in [0.1, 0.15) is 0 Å². The first kappa shape index (κ1) is 30.5. The zero-order chi connectivity index (χ0) is 31.5. The molecular formula is C37H42N6OS. The minimum atomic E-state index is -0.0384. The number of carbonyl (C=O) groups excluding carboxylic acids is 1. The molecule has 2 aromatic carbocycles. The van der Waals surface area contributed by atoms with Gasteiger partial charge in [0.25, 0.3) is 5.91 Å². The van der Waals surface area contributed by atoms with Gasteiger partial charge in [-0.25, -0.2) is 0 Å². The maximum absolute atomic E-state index is 13.3. The van der Waals surface area contributed by atoms with Gasteiger partial charge in [0.15, 0.2) is 0 Å². The van der Waals surface area contributed by atoms with E-state index < -0.39 is 0 Å². The van der Waals surface area contributed by atoms with Crippen LogP contribution in [0.1, 0.15) is 44.1 Å². The van der Waals surface area contributed by atoms with Crippen LogP contribution in [0.5, 0.6) is 0 Å². The molecule has 0 radical (unpaired) electrons. The molecule has 7 nitrogen and oxygen atoms in total. The van der Waals surface area contributed by atoms with Crippen LogP contribution in [-0.2, 0) is 12.8 Å². The number of amides is 1. The Hall–Kier alpha value is -4.53. The summed E-state index contributed by atoms with van der Waals surface area (Å²) in [5.41, 5.74) is 10.8. The molecule has 3 aromatic rings. The molecule has 6 rings (SSSR count). The van der Waals surface area contributed by atoms with Gasteiger partial charge in [0, 0.05) is 66.9 Å². The third-order valence-corrected chi connectivity index (χ3v) is 9.99. The fraction of sp³-hybridized carbons (Fsp3) is 0.270. The van der Waals surface area contributed by atoms with E-state index in [0.717, 1.165) is 100 Å². The summed E-state index contributed by atoms with van der Waals surface area (Å²) in [7, 11) is 2.01. The number of nitrogens with one attached hydrogen (secondary N) is 4. The van der Waals surface area contributed by atoms with Crippen LogP contribution in [0.15, 0.2) is 97.6 Å². The lowest BCUT2D eigenvalue weighted by Gasteiger charge is -2.32. The topological polar surface area (TPSA) is 71.7 Å². The zero-order valence-corrected chi connectivity index (χ0v) is 27.1. The Bertz CT molecular complexity index is 1700. The van der Waals surface area contributed by atoms with Crippen LogP contribution in [0, 0.1) is 6.92 Å². The Morgan fingerprint density at radius 2 is 1.84 bits per heavy atom. The summed E-state index contributed by atoms with van der Waals surface area (Å²) < 4.78 is 0. The summed E-state index contributed by atoms with van der Waals surface area (Å²) in [5, 5.41) is 13.7. The van der Waals surface area contributed by atoms with Crippen molar-refractivity contribution in [1.29, 1.82) is 0 Å². The van der Waals surface area contributed by atoms with E-state index in [2.05, 4.69) is 95.4 Å². The van der Waals surface area contributed by atoms with E-state index in [1.165, 1.54) is 23.3 Å². The van der Waals surface area contributed by atoms with E-state index in [1.807, 2.05) is 24.1 Å². The third kappa shape index (κ3) is 6.62. The summed E-state index contributed by atoms with van der Waals surface area (Å²) >= 11 is 1.64. The zero-order valence-electron chi connectivity index (χ0n) is 26.3. The van der Waals surface area contributed by atoms with Gasteiger partial charge in [0.2, 0.25) is 0 Å². The van der Waals surface area contributed by atoms with E-state index >= 15 is 0 Å². The first-order valence-electron chi connectivity index (χ1n) is 15.6. The lowest BCUT2D eigenvalue weighted by Crippen LogP contribution is -2.43. The average molecular weight is 619 g/mol. The Kier molecular flexibility index (Phi) is 8.96. The summed E-state index contributed by atoms with van der Waals surface area (Å²) in [6.07, 6.45) is 10.5. The Morgan fingerprint density at radius 1 is 1.04 bits per heavy atom. The van der Waals surface area contributed by atoms with Crippen LogP contribution >= 0.6 is 11.3 Å². The second-order valence-electron chi connectivity index (χ2n) is 11.8. The summed E-state index contributed by atoms with van der Waals surface area (Å²) in [5.74, 6) is -0.0384. The molecule has 0 spiro atoms. The maximum Gasteiger partial charge on any atom is 0.265 e. The van der Waals surface area contributed by atoms with Crippen molar-refractivity contribution in [3.63, 3.8) is 0 Å². The quantitative estimate of drug-likeness (QED) is 0.186. The molecular weight excluding hydrogens is 577 g/mol. The monoisotopic (exact) mass is 618 g/mol. The number of carbonyl (C=O) groups is 1. The van der Waals surface area contributed by atoms with Crippen LogP contribution in [0.25, 0.3) is 5.57 Å². The number of hydrogen-bond acceptors (Lipinski definition) is 7. The van der Waals surface area contributed by atoms with Gasteiger partial charge < -0.3 is 31.1 Å². The number of benzene rings is 2. The molecule has 45 heavy (non-hydrogen) atoms. The SMILES string of the molecule is C=CC(=C)Nc1cc(NC2=CC(c3cccc(NC(=O)c4cc5c(s4)CCCC5)c3C)=CN(C)C2=C)ccc1N1CCNCC1. The second-order valence-corrected chi connectivity index (χ2v) is 13.0. The molecule has 1 amide bonds. The fourth-order valence-corrected chi connectivity index (χ4v) is 7.30. The van der Waals surface area contributed by atoms with Crippen molar-refractivity contribution in [1.82, 2.24) is 10.2 Å². The minimum Gasteiger partial charge on any atom is -0.367 e. The Labute approximate surface area is 270 Å². The molecule has 0 saturated carbocycles. The number of rotatable bonds is 9. The molecule has 0 bridgehead atoms. The van der Waals surface area contributed by atoms with Crippen molar-refractivity contribution >= 4 is 45.6 Å². The van der Waals surface area contributed by atoms with Crippen molar-refractivity contribution in [2.75, 3.05) is 54.1 Å². The first-order valence-corrected chi connectivity index (χ1v) is 16.5. The lowest BCUT2D eigenvalue weighted by atomic mass is 9.96. The Morgan fingerprint density at radius 3 is 2.62 bits per heavy atom. The van der Waals surface area contributed by atoms with Gasteiger partial charge in [-0.1, -0.05) is 31.9 Å². The van der Waals surface area contributed by atoms with Crippen molar-refractivity contribution in [2.45, 2.75) is 32.6 Å². The molecule has 0 atom stereocenters. The van der Waals surface area contributed by atoms with Gasteiger partial charge in [-0.15, -0.1) is 11.3 Å². The predicted molar refractivity (Wildman–Crippen MR) is 191 cm³/mol. The van der Waals surface area contributed by atoms with Crippen LogP contribution in [0.2, 0.25) is 0 Å². The number of piperazine rings is 1. The van der Waals surface area contributed by atoms with Gasteiger partial charge >= 0.3 is 0 Å². The van der Waals surface area contributed by atoms with Crippen molar-refractivity contribution < 1.29 is 4.79 Å². The van der Waals surface area contributed by atoms with Crippen LogP contribution in [0.3, 0.4) is 0 Å². The third-order valence-electron chi connectivity index (χ3n) is 8.76. The number of hydrogen-bond donors (Lipinski definition) is 4. The minimum absolute atomic E-state index is 0.0384. The highest BCUT2D eigenvalue weighted by Gasteiger charge is 2.21. The summed E-state index contributed by atoms with van der Waals surface area (Å²) in [6.45, 7) is 18.2. The molecule has 1 aliphatic carbocycles. The first-order chi connectivity index (χ1) is 21.8. The standard InChI is InChI=1S/C37H42N6OS/c1-6-24(2)39-33-22-29(14-15-34(33)43-18-16-38-17-19-43)40-32-20-28(23-42(5)26(32)4)30-11-9-12-31(25(30)3)41-37(44)36-21-27-10-7-8-13-35(27)45-36/h6,9,11-12,14-15,20-23,38-40H,1-2,4,7-8,10,13,16-19H2,3,5H3,(H,41,44). The number of fused-ring (bicyclic) bond motifs is 1. The molecule has 2 aliphatic heterocycles. The number of thiophene rings is 1. The Balaban J connectivity index is 1.25. The largest absolute Gasteiger partial charge is 0.367 e. The van der Waals surface area contributed by atoms with Crippen LogP contribution < -0.4 is 26.2 Å². The molecule has 1 fully saturated rings. The van der Waals surface area contributed by atoms with Crippen molar-refractivity contribution in [2.24, 2.45) is 0 Å². The van der Waals surface area contributed by atoms with Crippen molar-refractivity contribution in [3.8, 4) is 0 Å². The van der Waals surface area contributed by atoms with Gasteiger partial charge in [-0.05, 0) is 91.8 Å². The average Bonchev–Trinajstić information content (AvgIpc) is 3.49. The molecule has 1 saturated heterocycles. The fourth-order valence-electron chi connectivity index (χ4n) is 6.15. The van der Waals surface area contributed by atoms with Gasteiger partial charge in [-0.2, -0.15) is 0 Å². The number of likely N-dealkylation sites (N-methyl/N-ethyl adjacent to an activating group) is 1. The van der Waals surface area contributed by atoms with Crippen LogP contribution in [0.4, 0.5) is 22.7 Å². The summed E-state index contributed by atoms with van der Waals surface area (Å²) in [4.78, 5) is 19.9. The van der Waals surface area contributed by atoms with Gasteiger partial charge in [-0.3, -0.25) is 4.79 Å². The second kappa shape index (κ2) is 13.2. The van der Waals surface area contributed by atoms with E-state index in [9.17, 15) is 4.79 Å². The highest BCUT2D eigenvalue weighted by atomic mass is 32.1. The number of aryl methyl sites for hydroxylation is 2. The number of nitrogens with zero attached hydrogens (tertiary/aromatic N) is 2. The van der Waals surface area contributed by atoms with E-state index in [-0.39, 0.29) is 5.91 Å². The number of anilines is 4. The van der Waals surface area contributed by atoms with Gasteiger partial charge in [0.05, 0.1) is 27.6 Å². The molecule has 0 unspecified atom stereocenters. The van der Waals surface area contributed by atoms with Crippen molar-refractivity contribution in [3.05, 3.63) is 124 Å². The highest BCUT2D eigenvalue weighted by Crippen LogP contribution is 2.36. The maximum atomic E-state index is 13.3. The molecule has 3 aliphatic rings. The lowest BCUT2D eigenvalue weighted by molar-refractivity contribution is 0.103. The molecule has 1 aromatic heterocycles. The molecule has 8 heteroatoms. The van der Waals surface area contributed by atoms with E-state index in [4.69, 9.17) is 0 Å². The van der Waals surface area contributed by atoms with E-state index in [1.54, 1.807) is 17.4 Å². The molecule has 3 heterocycles.